The van der Waals surface area contributed by atoms with Crippen LogP contribution < -0.4 is 0 Å². The molecule has 0 saturated carbocycles. The molecule has 0 radical (unpaired) electrons. The minimum atomic E-state index is 0.577. The third kappa shape index (κ3) is 2.31. The molecule has 0 amide bonds. The lowest BCUT2D eigenvalue weighted by atomic mass is 9.93. The summed E-state index contributed by atoms with van der Waals surface area (Å²) in [5, 5.41) is 0. The van der Waals surface area contributed by atoms with Crippen LogP contribution in [-0.2, 0) is 6.42 Å². The van der Waals surface area contributed by atoms with E-state index in [0.29, 0.717) is 5.92 Å². The molecule has 102 valence electrons. The van der Waals surface area contributed by atoms with Crippen LogP contribution in [0.1, 0.15) is 49.8 Å². The van der Waals surface area contributed by atoms with Crippen molar-refractivity contribution in [2.75, 3.05) is 0 Å². The Bertz CT molecular complexity index is 659. The number of hydrogen-bond acceptors (Lipinski definition) is 0. The van der Waals surface area contributed by atoms with E-state index >= 15 is 0 Å². The fourth-order valence-corrected chi connectivity index (χ4v) is 2.98. The highest BCUT2D eigenvalue weighted by molar-refractivity contribution is 5.81. The minimum absolute atomic E-state index is 0.577. The molecule has 2 aromatic carbocycles. The van der Waals surface area contributed by atoms with E-state index in [1.165, 1.54) is 27.8 Å². The average Bonchev–Trinajstić information content (AvgIpc) is 2.90. The number of rotatable bonds is 3. The summed E-state index contributed by atoms with van der Waals surface area (Å²) in [5.74, 6) is 0.577. The lowest BCUT2D eigenvalue weighted by Crippen LogP contribution is -1.90. The van der Waals surface area contributed by atoms with Crippen LogP contribution in [-0.4, -0.2) is 0 Å². The van der Waals surface area contributed by atoms with Crippen molar-refractivity contribution in [1.29, 1.82) is 0 Å². The maximum absolute atomic E-state index is 2.40. The summed E-state index contributed by atoms with van der Waals surface area (Å²) in [7, 11) is 0. The van der Waals surface area contributed by atoms with E-state index in [-0.39, 0.29) is 0 Å². The molecule has 0 aliphatic heterocycles. The first-order valence-corrected chi connectivity index (χ1v) is 7.60. The van der Waals surface area contributed by atoms with E-state index in [4.69, 9.17) is 0 Å². The zero-order valence-corrected chi connectivity index (χ0v) is 12.6. The highest BCUT2D eigenvalue weighted by Crippen LogP contribution is 2.35. The van der Waals surface area contributed by atoms with Crippen molar-refractivity contribution in [1.82, 2.24) is 0 Å². The van der Waals surface area contributed by atoms with Crippen molar-refractivity contribution in [2.24, 2.45) is 0 Å². The zero-order chi connectivity index (χ0) is 14.1. The molecule has 2 aromatic rings. The number of allylic oxidation sites excluding steroid dienone is 1. The van der Waals surface area contributed by atoms with Crippen LogP contribution in [0.5, 0.6) is 0 Å². The monoisotopic (exact) mass is 262 g/mol. The second-order valence-electron chi connectivity index (χ2n) is 5.99. The molecule has 3 rings (SSSR count). The summed E-state index contributed by atoms with van der Waals surface area (Å²) in [4.78, 5) is 0. The zero-order valence-electron chi connectivity index (χ0n) is 12.6. The molecule has 0 aromatic heterocycles. The third-order valence-corrected chi connectivity index (χ3v) is 4.28. The minimum Gasteiger partial charge on any atom is -0.0655 e. The quantitative estimate of drug-likeness (QED) is 0.653. The fourth-order valence-electron chi connectivity index (χ4n) is 2.98. The summed E-state index contributed by atoms with van der Waals surface area (Å²) in [6.45, 7) is 6.75. The lowest BCUT2D eigenvalue weighted by molar-refractivity contribution is 0.867. The smallest absolute Gasteiger partial charge is 0.00577 e. The van der Waals surface area contributed by atoms with Crippen LogP contribution in [0.3, 0.4) is 0 Å². The van der Waals surface area contributed by atoms with Gasteiger partial charge < -0.3 is 0 Å². The van der Waals surface area contributed by atoms with Gasteiger partial charge in [0.1, 0.15) is 0 Å². The van der Waals surface area contributed by atoms with Gasteiger partial charge in [-0.15, -0.1) is 0 Å². The van der Waals surface area contributed by atoms with Crippen molar-refractivity contribution in [2.45, 2.75) is 39.5 Å². The second kappa shape index (κ2) is 5.28. The Morgan fingerprint density at radius 1 is 1.05 bits per heavy atom. The molecule has 0 atom stereocenters. The Labute approximate surface area is 122 Å². The van der Waals surface area contributed by atoms with Gasteiger partial charge in [-0.1, -0.05) is 74.9 Å². The molecule has 0 fully saturated rings. The van der Waals surface area contributed by atoms with E-state index in [9.17, 15) is 0 Å². The van der Waals surface area contributed by atoms with Crippen molar-refractivity contribution >= 4 is 6.08 Å². The predicted octanol–water partition coefficient (Wildman–Crippen LogP) is 5.83. The molecule has 0 bridgehead atoms. The van der Waals surface area contributed by atoms with Gasteiger partial charge in [-0.25, -0.2) is 0 Å². The summed E-state index contributed by atoms with van der Waals surface area (Å²) in [6, 6.07) is 15.7. The van der Waals surface area contributed by atoms with Crippen molar-refractivity contribution < 1.29 is 0 Å². The van der Waals surface area contributed by atoms with Gasteiger partial charge in [-0.2, -0.15) is 0 Å². The van der Waals surface area contributed by atoms with E-state index < -0.39 is 0 Å². The van der Waals surface area contributed by atoms with Crippen molar-refractivity contribution in [3.05, 3.63) is 64.7 Å². The average molecular weight is 262 g/mol. The van der Waals surface area contributed by atoms with Crippen LogP contribution in [0, 0.1) is 0 Å². The van der Waals surface area contributed by atoms with Crippen molar-refractivity contribution in [3.8, 4) is 11.1 Å². The molecule has 0 unspecified atom stereocenters. The van der Waals surface area contributed by atoms with Gasteiger partial charge in [0.15, 0.2) is 0 Å². The molecule has 0 heterocycles. The van der Waals surface area contributed by atoms with Crippen LogP contribution in [0.15, 0.2) is 48.0 Å². The molecule has 0 nitrogen and oxygen atoms in total. The van der Waals surface area contributed by atoms with Gasteiger partial charge >= 0.3 is 0 Å². The summed E-state index contributed by atoms with van der Waals surface area (Å²) >= 11 is 0. The molecule has 0 saturated heterocycles. The van der Waals surface area contributed by atoms with Crippen LogP contribution >= 0.6 is 0 Å². The van der Waals surface area contributed by atoms with E-state index in [1.807, 2.05) is 0 Å². The molecule has 1 aliphatic carbocycles. The fraction of sp³-hybridized carbons (Fsp3) is 0.300. The topological polar surface area (TPSA) is 0 Å². The molecular weight excluding hydrogens is 240 g/mol. The Morgan fingerprint density at radius 2 is 1.85 bits per heavy atom. The standard InChI is InChI=1S/C20H22/c1-4-15-11-17-9-6-10-19(20(17)12-15)18-8-5-7-16(13-18)14(2)3/h5-10,12-14H,4,11H2,1-3H3. The molecular formula is C20H22. The molecule has 0 heteroatoms. The largest absolute Gasteiger partial charge is 0.0655 e. The van der Waals surface area contributed by atoms with Crippen LogP contribution in [0.2, 0.25) is 0 Å². The molecule has 0 spiro atoms. The summed E-state index contributed by atoms with van der Waals surface area (Å²) in [5.41, 5.74) is 8.61. The van der Waals surface area contributed by atoms with Gasteiger partial charge in [0.2, 0.25) is 0 Å². The van der Waals surface area contributed by atoms with Gasteiger partial charge in [0.25, 0.3) is 0 Å². The Balaban J connectivity index is 2.10. The van der Waals surface area contributed by atoms with Gasteiger partial charge in [0, 0.05) is 0 Å². The first-order chi connectivity index (χ1) is 9.69. The number of fused-ring (bicyclic) bond motifs is 1. The van der Waals surface area contributed by atoms with E-state index in [1.54, 1.807) is 5.57 Å². The molecule has 0 N–H and O–H groups in total. The van der Waals surface area contributed by atoms with E-state index in [0.717, 1.165) is 12.8 Å². The SMILES string of the molecule is CCC1=Cc2c(cccc2-c2cccc(C(C)C)c2)C1. The highest BCUT2D eigenvalue weighted by Gasteiger charge is 2.15. The van der Waals surface area contributed by atoms with Crippen LogP contribution in [0.25, 0.3) is 17.2 Å². The van der Waals surface area contributed by atoms with Crippen molar-refractivity contribution in [3.63, 3.8) is 0 Å². The van der Waals surface area contributed by atoms with Crippen LogP contribution in [0.4, 0.5) is 0 Å². The first-order valence-electron chi connectivity index (χ1n) is 7.60. The van der Waals surface area contributed by atoms with Gasteiger partial charge in [0.05, 0.1) is 0 Å². The van der Waals surface area contributed by atoms with E-state index in [2.05, 4.69) is 69.3 Å². The molecule has 20 heavy (non-hydrogen) atoms. The third-order valence-electron chi connectivity index (χ3n) is 4.28. The maximum atomic E-state index is 2.40. The predicted molar refractivity (Wildman–Crippen MR) is 87.9 cm³/mol. The Hall–Kier alpha value is -1.82. The summed E-state index contributed by atoms with van der Waals surface area (Å²) < 4.78 is 0. The lowest BCUT2D eigenvalue weighted by Gasteiger charge is -2.11. The highest BCUT2D eigenvalue weighted by atomic mass is 14.2. The first kappa shape index (κ1) is 13.2. The number of hydrogen-bond donors (Lipinski definition) is 0. The number of benzene rings is 2. The second-order valence-corrected chi connectivity index (χ2v) is 5.99. The Kier molecular flexibility index (Phi) is 3.48. The normalized spacial score (nSPS) is 13.5. The molecule has 1 aliphatic rings. The summed E-state index contributed by atoms with van der Waals surface area (Å²) in [6.07, 6.45) is 4.68. The van der Waals surface area contributed by atoms with Gasteiger partial charge in [-0.05, 0) is 46.6 Å². The Morgan fingerprint density at radius 3 is 2.60 bits per heavy atom. The van der Waals surface area contributed by atoms with Gasteiger partial charge in [-0.3, -0.25) is 0 Å². The maximum Gasteiger partial charge on any atom is -0.00577 e.